The largest absolute Gasteiger partial charge is 0.369 e. The van der Waals surface area contributed by atoms with Crippen molar-refractivity contribution in [1.82, 2.24) is 4.90 Å². The Morgan fingerprint density at radius 1 is 1.25 bits per heavy atom. The third kappa shape index (κ3) is 3.46. The molecule has 0 aliphatic carbocycles. The van der Waals surface area contributed by atoms with Gasteiger partial charge in [-0.1, -0.05) is 41.9 Å². The van der Waals surface area contributed by atoms with Gasteiger partial charge in [0, 0.05) is 22.7 Å². The molecule has 2 aromatic carbocycles. The van der Waals surface area contributed by atoms with E-state index in [9.17, 15) is 4.79 Å². The number of carbonyl (C=O) groups is 1. The van der Waals surface area contributed by atoms with Gasteiger partial charge in [-0.25, -0.2) is 0 Å². The first kappa shape index (κ1) is 17.0. The Morgan fingerprint density at radius 3 is 2.62 bits per heavy atom. The van der Waals surface area contributed by atoms with Gasteiger partial charge < -0.3 is 15.4 Å². The lowest BCUT2D eigenvalue weighted by Crippen LogP contribution is -2.48. The van der Waals surface area contributed by atoms with Crippen LogP contribution >= 0.6 is 11.6 Å². The van der Waals surface area contributed by atoms with E-state index in [-0.39, 0.29) is 18.1 Å². The van der Waals surface area contributed by atoms with Crippen LogP contribution in [0.3, 0.4) is 0 Å². The Hall–Kier alpha value is -1.88. The minimum Gasteiger partial charge on any atom is -0.369 e. The molecule has 1 heterocycles. The topological polar surface area (TPSA) is 55.6 Å². The summed E-state index contributed by atoms with van der Waals surface area (Å²) in [4.78, 5) is 14.7. The van der Waals surface area contributed by atoms with Gasteiger partial charge in [-0.05, 0) is 30.7 Å². The molecule has 0 saturated carbocycles. The molecule has 5 heteroatoms. The number of ether oxygens (including phenoxy) is 1. The van der Waals surface area contributed by atoms with Crippen molar-refractivity contribution in [3.8, 4) is 0 Å². The van der Waals surface area contributed by atoms with Crippen LogP contribution in [0, 0.1) is 0 Å². The maximum absolute atomic E-state index is 12.9. The summed E-state index contributed by atoms with van der Waals surface area (Å²) < 4.78 is 5.92. The molecule has 0 bridgehead atoms. The van der Waals surface area contributed by atoms with E-state index < -0.39 is 0 Å². The van der Waals surface area contributed by atoms with Crippen molar-refractivity contribution in [2.24, 2.45) is 5.73 Å². The summed E-state index contributed by atoms with van der Waals surface area (Å²) in [5.41, 5.74) is 8.21. The normalized spacial score (nSPS) is 20.9. The maximum Gasteiger partial charge on any atom is 0.254 e. The van der Waals surface area contributed by atoms with Gasteiger partial charge in [0.05, 0.1) is 19.2 Å². The predicted molar refractivity (Wildman–Crippen MR) is 95.0 cm³/mol. The molecule has 2 N–H and O–H groups in total. The molecule has 0 spiro atoms. The summed E-state index contributed by atoms with van der Waals surface area (Å²) in [5.74, 6) is 0.00595. The number of amides is 1. The molecular weight excluding hydrogens is 324 g/mol. The Bertz CT molecular complexity index is 718. The summed E-state index contributed by atoms with van der Waals surface area (Å²) in [6.07, 6.45) is -0.206. The minimum absolute atomic E-state index is 0.00595. The van der Waals surface area contributed by atoms with E-state index in [1.807, 2.05) is 60.4 Å². The number of hydrogen-bond acceptors (Lipinski definition) is 3. The van der Waals surface area contributed by atoms with Gasteiger partial charge in [0.25, 0.3) is 5.91 Å². The van der Waals surface area contributed by atoms with Crippen molar-refractivity contribution in [3.05, 3.63) is 70.2 Å². The maximum atomic E-state index is 12.9. The molecule has 1 aliphatic rings. The standard InChI is InChI=1S/C19H21ClN2O2/c1-13-12-24-18(16-4-2-3-5-17(16)20)11-22(13)19(23)15-8-6-14(10-21)7-9-15/h2-9,13,18H,10-12,21H2,1H3/t13-,18+/m1/s1. The average molecular weight is 345 g/mol. The van der Waals surface area contributed by atoms with E-state index in [0.29, 0.717) is 30.3 Å². The fourth-order valence-electron chi connectivity index (χ4n) is 2.91. The molecule has 126 valence electrons. The van der Waals surface area contributed by atoms with Gasteiger partial charge in [0.1, 0.15) is 6.10 Å². The number of rotatable bonds is 3. The van der Waals surface area contributed by atoms with Crippen molar-refractivity contribution in [2.75, 3.05) is 13.2 Å². The Kier molecular flexibility index (Phi) is 5.19. The Morgan fingerprint density at radius 2 is 1.96 bits per heavy atom. The molecule has 0 unspecified atom stereocenters. The lowest BCUT2D eigenvalue weighted by atomic mass is 10.0. The first-order valence-corrected chi connectivity index (χ1v) is 8.44. The van der Waals surface area contributed by atoms with Crippen LogP contribution in [0.5, 0.6) is 0 Å². The highest BCUT2D eigenvalue weighted by atomic mass is 35.5. The van der Waals surface area contributed by atoms with Crippen LogP contribution < -0.4 is 5.73 Å². The first-order valence-electron chi connectivity index (χ1n) is 8.06. The Balaban J connectivity index is 1.80. The number of benzene rings is 2. The molecule has 1 amide bonds. The molecule has 24 heavy (non-hydrogen) atoms. The zero-order valence-electron chi connectivity index (χ0n) is 13.6. The number of hydrogen-bond donors (Lipinski definition) is 1. The van der Waals surface area contributed by atoms with Crippen LogP contribution in [0.25, 0.3) is 0 Å². The van der Waals surface area contributed by atoms with E-state index >= 15 is 0 Å². The van der Waals surface area contributed by atoms with E-state index in [0.717, 1.165) is 11.1 Å². The smallest absolute Gasteiger partial charge is 0.254 e. The predicted octanol–water partition coefficient (Wildman–Crippen LogP) is 3.40. The molecule has 2 aromatic rings. The first-order chi connectivity index (χ1) is 11.6. The molecule has 1 fully saturated rings. The number of nitrogens with zero attached hydrogens (tertiary/aromatic N) is 1. The van der Waals surface area contributed by atoms with Gasteiger partial charge in [0.2, 0.25) is 0 Å². The summed E-state index contributed by atoms with van der Waals surface area (Å²) in [5, 5.41) is 0.664. The highest BCUT2D eigenvalue weighted by Gasteiger charge is 2.31. The van der Waals surface area contributed by atoms with E-state index in [4.69, 9.17) is 22.1 Å². The highest BCUT2D eigenvalue weighted by Crippen LogP contribution is 2.30. The van der Waals surface area contributed by atoms with Crippen LogP contribution in [-0.2, 0) is 11.3 Å². The monoisotopic (exact) mass is 344 g/mol. The average Bonchev–Trinajstić information content (AvgIpc) is 2.62. The van der Waals surface area contributed by atoms with Crippen LogP contribution in [-0.4, -0.2) is 30.0 Å². The lowest BCUT2D eigenvalue weighted by Gasteiger charge is -2.38. The minimum atomic E-state index is -0.206. The number of nitrogens with two attached hydrogens (primary N) is 1. The molecule has 0 radical (unpaired) electrons. The highest BCUT2D eigenvalue weighted by molar-refractivity contribution is 6.31. The second kappa shape index (κ2) is 7.34. The van der Waals surface area contributed by atoms with Gasteiger partial charge >= 0.3 is 0 Å². The second-order valence-corrected chi connectivity index (χ2v) is 6.46. The number of halogens is 1. The summed E-state index contributed by atoms with van der Waals surface area (Å²) in [6, 6.07) is 15.1. The van der Waals surface area contributed by atoms with Crippen molar-refractivity contribution < 1.29 is 9.53 Å². The van der Waals surface area contributed by atoms with Crippen LogP contribution in [0.15, 0.2) is 48.5 Å². The summed E-state index contributed by atoms with van der Waals surface area (Å²) in [6.45, 7) is 3.44. The summed E-state index contributed by atoms with van der Waals surface area (Å²) in [7, 11) is 0. The van der Waals surface area contributed by atoms with E-state index in [2.05, 4.69) is 0 Å². The van der Waals surface area contributed by atoms with Crippen molar-refractivity contribution >= 4 is 17.5 Å². The zero-order valence-corrected chi connectivity index (χ0v) is 14.4. The van der Waals surface area contributed by atoms with Gasteiger partial charge in [-0.2, -0.15) is 0 Å². The summed E-state index contributed by atoms with van der Waals surface area (Å²) >= 11 is 6.28. The van der Waals surface area contributed by atoms with Crippen LogP contribution in [0.4, 0.5) is 0 Å². The molecule has 4 nitrogen and oxygen atoms in total. The quantitative estimate of drug-likeness (QED) is 0.928. The lowest BCUT2D eigenvalue weighted by molar-refractivity contribution is -0.0486. The van der Waals surface area contributed by atoms with Crippen LogP contribution in [0.1, 0.15) is 34.5 Å². The number of carbonyl (C=O) groups excluding carboxylic acids is 1. The van der Waals surface area contributed by atoms with Crippen molar-refractivity contribution in [1.29, 1.82) is 0 Å². The molecule has 1 saturated heterocycles. The van der Waals surface area contributed by atoms with Crippen molar-refractivity contribution in [2.45, 2.75) is 25.6 Å². The van der Waals surface area contributed by atoms with E-state index in [1.54, 1.807) is 0 Å². The molecule has 3 rings (SSSR count). The van der Waals surface area contributed by atoms with Gasteiger partial charge in [-0.15, -0.1) is 0 Å². The number of morpholine rings is 1. The fourth-order valence-corrected chi connectivity index (χ4v) is 3.17. The third-order valence-corrected chi connectivity index (χ3v) is 4.73. The molecule has 2 atom stereocenters. The molecular formula is C19H21ClN2O2. The van der Waals surface area contributed by atoms with Gasteiger partial charge in [-0.3, -0.25) is 4.79 Å². The third-order valence-electron chi connectivity index (χ3n) is 4.38. The fraction of sp³-hybridized carbons (Fsp3) is 0.316. The van der Waals surface area contributed by atoms with Crippen molar-refractivity contribution in [3.63, 3.8) is 0 Å². The van der Waals surface area contributed by atoms with Crippen LogP contribution in [0.2, 0.25) is 5.02 Å². The molecule has 0 aromatic heterocycles. The van der Waals surface area contributed by atoms with E-state index in [1.165, 1.54) is 0 Å². The van der Waals surface area contributed by atoms with Gasteiger partial charge in [0.15, 0.2) is 0 Å². The Labute approximate surface area is 147 Å². The molecule has 1 aliphatic heterocycles. The second-order valence-electron chi connectivity index (χ2n) is 6.05. The zero-order chi connectivity index (χ0) is 17.1. The SMILES string of the molecule is C[C@@H]1CO[C@H](c2ccccc2Cl)CN1C(=O)c1ccc(CN)cc1.